The summed E-state index contributed by atoms with van der Waals surface area (Å²) in [6, 6.07) is 0.692. The van der Waals surface area contributed by atoms with Gasteiger partial charge in [-0.3, -0.25) is 4.90 Å². The van der Waals surface area contributed by atoms with Gasteiger partial charge in [0, 0.05) is 19.1 Å². The quantitative estimate of drug-likeness (QED) is 0.820. The number of ether oxygens (including phenoxy) is 1. The van der Waals surface area contributed by atoms with Crippen LogP contribution in [0, 0.1) is 17.3 Å². The Balaban J connectivity index is 2.02. The van der Waals surface area contributed by atoms with Crippen LogP contribution in [0.3, 0.4) is 0 Å². The van der Waals surface area contributed by atoms with Crippen molar-refractivity contribution in [3.63, 3.8) is 0 Å². The molecule has 1 saturated carbocycles. The van der Waals surface area contributed by atoms with Crippen LogP contribution >= 0.6 is 0 Å². The van der Waals surface area contributed by atoms with E-state index in [-0.39, 0.29) is 0 Å². The van der Waals surface area contributed by atoms with E-state index in [1.807, 2.05) is 0 Å². The van der Waals surface area contributed by atoms with Crippen LogP contribution < -0.4 is 5.73 Å². The van der Waals surface area contributed by atoms with Crippen LogP contribution in [0.1, 0.15) is 40.0 Å². The molecule has 1 aliphatic carbocycles. The molecule has 1 heterocycles. The summed E-state index contributed by atoms with van der Waals surface area (Å²) in [6.07, 6.45) is 3.98. The van der Waals surface area contributed by atoms with Gasteiger partial charge in [0.05, 0.1) is 13.2 Å². The van der Waals surface area contributed by atoms with E-state index in [4.69, 9.17) is 10.5 Å². The lowest BCUT2D eigenvalue weighted by Gasteiger charge is -2.47. The van der Waals surface area contributed by atoms with Crippen molar-refractivity contribution in [2.24, 2.45) is 23.0 Å². The van der Waals surface area contributed by atoms with Crippen LogP contribution in [0.2, 0.25) is 0 Å². The Morgan fingerprint density at radius 2 is 1.83 bits per heavy atom. The SMILES string of the molecule is CC(C)(C)C1CCC(CN)C(N2CCOCC2)C1. The second-order valence-electron chi connectivity index (χ2n) is 7.09. The Hall–Kier alpha value is -0.120. The summed E-state index contributed by atoms with van der Waals surface area (Å²) in [5.74, 6) is 1.54. The molecule has 106 valence electrons. The van der Waals surface area contributed by atoms with Gasteiger partial charge >= 0.3 is 0 Å². The van der Waals surface area contributed by atoms with Crippen LogP contribution in [0.5, 0.6) is 0 Å². The molecule has 18 heavy (non-hydrogen) atoms. The van der Waals surface area contributed by atoms with Crippen LogP contribution in [-0.4, -0.2) is 43.8 Å². The molecule has 3 unspecified atom stereocenters. The van der Waals surface area contributed by atoms with Gasteiger partial charge in [0.1, 0.15) is 0 Å². The van der Waals surface area contributed by atoms with Crippen molar-refractivity contribution in [2.75, 3.05) is 32.8 Å². The summed E-state index contributed by atoms with van der Waals surface area (Å²) in [5, 5.41) is 0. The average molecular weight is 254 g/mol. The highest BCUT2D eigenvalue weighted by molar-refractivity contribution is 4.91. The summed E-state index contributed by atoms with van der Waals surface area (Å²) in [5.41, 5.74) is 6.43. The van der Waals surface area contributed by atoms with Gasteiger partial charge in [-0.25, -0.2) is 0 Å². The van der Waals surface area contributed by atoms with Crippen molar-refractivity contribution in [1.29, 1.82) is 0 Å². The van der Waals surface area contributed by atoms with Gasteiger partial charge in [0.25, 0.3) is 0 Å². The van der Waals surface area contributed by atoms with Crippen LogP contribution in [-0.2, 0) is 4.74 Å². The fraction of sp³-hybridized carbons (Fsp3) is 1.00. The molecule has 0 aromatic carbocycles. The Labute approximate surface area is 112 Å². The lowest BCUT2D eigenvalue weighted by Crippen LogP contribution is -2.52. The maximum absolute atomic E-state index is 6.00. The predicted octanol–water partition coefficient (Wildman–Crippen LogP) is 2.11. The molecule has 0 aromatic heterocycles. The van der Waals surface area contributed by atoms with Gasteiger partial charge in [-0.05, 0) is 43.1 Å². The zero-order valence-corrected chi connectivity index (χ0v) is 12.3. The normalized spacial score (nSPS) is 35.7. The number of hydrogen-bond donors (Lipinski definition) is 1. The van der Waals surface area contributed by atoms with Crippen molar-refractivity contribution in [3.05, 3.63) is 0 Å². The summed E-state index contributed by atoms with van der Waals surface area (Å²) >= 11 is 0. The summed E-state index contributed by atoms with van der Waals surface area (Å²) in [7, 11) is 0. The van der Waals surface area contributed by atoms with E-state index in [2.05, 4.69) is 25.7 Å². The molecule has 2 N–H and O–H groups in total. The van der Waals surface area contributed by atoms with E-state index in [9.17, 15) is 0 Å². The summed E-state index contributed by atoms with van der Waals surface area (Å²) < 4.78 is 5.48. The number of hydrogen-bond acceptors (Lipinski definition) is 3. The van der Waals surface area contributed by atoms with Crippen molar-refractivity contribution in [2.45, 2.75) is 46.1 Å². The molecule has 3 atom stereocenters. The smallest absolute Gasteiger partial charge is 0.0594 e. The van der Waals surface area contributed by atoms with Gasteiger partial charge in [0.2, 0.25) is 0 Å². The molecule has 1 aliphatic heterocycles. The van der Waals surface area contributed by atoms with Crippen molar-refractivity contribution >= 4 is 0 Å². The largest absolute Gasteiger partial charge is 0.379 e. The van der Waals surface area contributed by atoms with Crippen molar-refractivity contribution in [1.82, 2.24) is 4.90 Å². The first-order chi connectivity index (χ1) is 8.52. The molecule has 0 spiro atoms. The number of nitrogens with two attached hydrogens (primary N) is 1. The molecular weight excluding hydrogens is 224 g/mol. The third kappa shape index (κ3) is 3.25. The van der Waals surface area contributed by atoms with E-state index in [1.54, 1.807) is 0 Å². The Morgan fingerprint density at radius 1 is 1.17 bits per heavy atom. The van der Waals surface area contributed by atoms with Gasteiger partial charge in [-0.15, -0.1) is 0 Å². The lowest BCUT2D eigenvalue weighted by molar-refractivity contribution is -0.0237. The van der Waals surface area contributed by atoms with E-state index in [1.165, 1.54) is 19.3 Å². The highest BCUT2D eigenvalue weighted by Gasteiger charge is 2.38. The lowest BCUT2D eigenvalue weighted by atomic mass is 9.67. The molecule has 0 amide bonds. The van der Waals surface area contributed by atoms with Crippen LogP contribution in [0.4, 0.5) is 0 Å². The van der Waals surface area contributed by atoms with E-state index >= 15 is 0 Å². The third-order valence-electron chi connectivity index (χ3n) is 5.00. The Kier molecular flexibility index (Phi) is 4.68. The number of morpholine rings is 1. The average Bonchev–Trinajstić information content (AvgIpc) is 2.38. The minimum absolute atomic E-state index is 0.435. The molecular formula is C15H30N2O. The first-order valence-corrected chi connectivity index (χ1v) is 7.54. The van der Waals surface area contributed by atoms with E-state index in [0.29, 0.717) is 17.4 Å². The molecule has 0 aromatic rings. The van der Waals surface area contributed by atoms with Crippen molar-refractivity contribution < 1.29 is 4.74 Å². The topological polar surface area (TPSA) is 38.5 Å². The minimum Gasteiger partial charge on any atom is -0.379 e. The molecule has 2 fully saturated rings. The summed E-state index contributed by atoms with van der Waals surface area (Å²) in [6.45, 7) is 12.0. The zero-order chi connectivity index (χ0) is 13.2. The second-order valence-corrected chi connectivity index (χ2v) is 7.09. The highest BCUT2D eigenvalue weighted by Crippen LogP contribution is 2.41. The first-order valence-electron chi connectivity index (χ1n) is 7.54. The van der Waals surface area contributed by atoms with E-state index in [0.717, 1.165) is 38.8 Å². The molecule has 0 radical (unpaired) electrons. The fourth-order valence-electron chi connectivity index (χ4n) is 3.63. The second kappa shape index (κ2) is 5.89. The van der Waals surface area contributed by atoms with Gasteiger partial charge in [-0.2, -0.15) is 0 Å². The highest BCUT2D eigenvalue weighted by atomic mass is 16.5. The molecule has 2 rings (SSSR count). The summed E-state index contributed by atoms with van der Waals surface area (Å²) in [4.78, 5) is 2.64. The number of nitrogens with zero attached hydrogens (tertiary/aromatic N) is 1. The zero-order valence-electron chi connectivity index (χ0n) is 12.3. The number of rotatable bonds is 2. The van der Waals surface area contributed by atoms with E-state index < -0.39 is 0 Å². The van der Waals surface area contributed by atoms with Gasteiger partial charge in [0.15, 0.2) is 0 Å². The van der Waals surface area contributed by atoms with Crippen molar-refractivity contribution in [3.8, 4) is 0 Å². The maximum atomic E-state index is 6.00. The predicted molar refractivity (Wildman–Crippen MR) is 75.5 cm³/mol. The standard InChI is InChI=1S/C15H30N2O/c1-15(2,3)13-5-4-12(11-16)14(10-13)17-6-8-18-9-7-17/h12-14H,4-11,16H2,1-3H3. The monoisotopic (exact) mass is 254 g/mol. The Bertz CT molecular complexity index is 256. The Morgan fingerprint density at radius 3 is 2.39 bits per heavy atom. The first kappa shape index (κ1) is 14.3. The third-order valence-corrected chi connectivity index (χ3v) is 5.00. The van der Waals surface area contributed by atoms with Crippen LogP contribution in [0.15, 0.2) is 0 Å². The molecule has 3 nitrogen and oxygen atoms in total. The molecule has 3 heteroatoms. The maximum Gasteiger partial charge on any atom is 0.0594 e. The molecule has 2 aliphatic rings. The molecule has 0 bridgehead atoms. The van der Waals surface area contributed by atoms with Crippen LogP contribution in [0.25, 0.3) is 0 Å². The fourth-order valence-corrected chi connectivity index (χ4v) is 3.63. The van der Waals surface area contributed by atoms with Gasteiger partial charge < -0.3 is 10.5 Å². The minimum atomic E-state index is 0.435. The van der Waals surface area contributed by atoms with Gasteiger partial charge in [-0.1, -0.05) is 20.8 Å². The molecule has 1 saturated heterocycles.